The molecule has 21 heavy (non-hydrogen) atoms. The van der Waals surface area contributed by atoms with E-state index in [1.807, 2.05) is 4.90 Å². The maximum absolute atomic E-state index is 13.3. The van der Waals surface area contributed by atoms with Gasteiger partial charge in [-0.15, -0.1) is 11.3 Å². The Bertz CT molecular complexity index is 695. The number of fused-ring (bicyclic) bond motifs is 1. The minimum Gasteiger partial charge on any atom is -0.330 e. The van der Waals surface area contributed by atoms with Gasteiger partial charge in [-0.3, -0.25) is 4.79 Å². The van der Waals surface area contributed by atoms with Gasteiger partial charge in [0.1, 0.15) is 5.69 Å². The number of carbonyl (C=O) groups is 1. The van der Waals surface area contributed by atoms with Crippen LogP contribution in [0.3, 0.4) is 0 Å². The van der Waals surface area contributed by atoms with Gasteiger partial charge in [0.15, 0.2) is 0 Å². The first-order valence-electron chi connectivity index (χ1n) is 7.24. The summed E-state index contributed by atoms with van der Waals surface area (Å²) in [5.74, 6) is -0.198. The molecule has 1 atom stereocenters. The SMILES string of the molecule is O=C(c1cccc(F)n1)N1CCc2sccc2C1C1CC1. The highest BCUT2D eigenvalue weighted by molar-refractivity contribution is 7.10. The summed E-state index contributed by atoms with van der Waals surface area (Å²) < 4.78 is 13.3. The van der Waals surface area contributed by atoms with Crippen LogP contribution in [0.25, 0.3) is 0 Å². The van der Waals surface area contributed by atoms with Gasteiger partial charge in [-0.1, -0.05) is 6.07 Å². The number of amides is 1. The molecular weight excluding hydrogens is 287 g/mol. The van der Waals surface area contributed by atoms with E-state index >= 15 is 0 Å². The van der Waals surface area contributed by atoms with Crippen molar-refractivity contribution in [2.45, 2.75) is 25.3 Å². The number of rotatable bonds is 2. The second-order valence-corrected chi connectivity index (χ2v) is 6.68. The molecule has 0 bridgehead atoms. The molecule has 5 heteroatoms. The molecule has 108 valence electrons. The van der Waals surface area contributed by atoms with E-state index in [0.29, 0.717) is 12.5 Å². The fraction of sp³-hybridized carbons (Fsp3) is 0.375. The summed E-state index contributed by atoms with van der Waals surface area (Å²) in [7, 11) is 0. The van der Waals surface area contributed by atoms with E-state index in [0.717, 1.165) is 6.42 Å². The third-order valence-electron chi connectivity index (χ3n) is 4.28. The molecule has 2 aliphatic rings. The van der Waals surface area contributed by atoms with Gasteiger partial charge in [0.25, 0.3) is 5.91 Å². The van der Waals surface area contributed by atoms with Crippen LogP contribution < -0.4 is 0 Å². The van der Waals surface area contributed by atoms with Crippen molar-refractivity contribution >= 4 is 17.2 Å². The van der Waals surface area contributed by atoms with E-state index in [1.165, 1.54) is 29.3 Å². The van der Waals surface area contributed by atoms with Crippen molar-refractivity contribution in [2.24, 2.45) is 5.92 Å². The molecule has 0 N–H and O–H groups in total. The van der Waals surface area contributed by atoms with Crippen molar-refractivity contribution in [1.29, 1.82) is 0 Å². The van der Waals surface area contributed by atoms with E-state index < -0.39 is 5.95 Å². The molecule has 1 fully saturated rings. The van der Waals surface area contributed by atoms with Crippen molar-refractivity contribution in [3.63, 3.8) is 0 Å². The van der Waals surface area contributed by atoms with Gasteiger partial charge >= 0.3 is 0 Å². The van der Waals surface area contributed by atoms with Crippen LogP contribution in [0.2, 0.25) is 0 Å². The minimum atomic E-state index is -0.600. The lowest BCUT2D eigenvalue weighted by molar-refractivity contribution is 0.0629. The zero-order chi connectivity index (χ0) is 14.4. The van der Waals surface area contributed by atoms with E-state index in [1.54, 1.807) is 23.5 Å². The number of hydrogen-bond acceptors (Lipinski definition) is 3. The van der Waals surface area contributed by atoms with Gasteiger partial charge in [-0.25, -0.2) is 4.98 Å². The van der Waals surface area contributed by atoms with Crippen LogP contribution in [-0.4, -0.2) is 22.3 Å². The Balaban J connectivity index is 1.69. The Kier molecular flexibility index (Phi) is 3.03. The number of hydrogen-bond donors (Lipinski definition) is 0. The van der Waals surface area contributed by atoms with Crippen LogP contribution in [0.15, 0.2) is 29.6 Å². The van der Waals surface area contributed by atoms with Gasteiger partial charge in [0, 0.05) is 11.4 Å². The Morgan fingerprint density at radius 1 is 1.33 bits per heavy atom. The topological polar surface area (TPSA) is 33.2 Å². The predicted molar refractivity (Wildman–Crippen MR) is 78.7 cm³/mol. The largest absolute Gasteiger partial charge is 0.330 e. The van der Waals surface area contributed by atoms with Gasteiger partial charge in [-0.05, 0) is 54.3 Å². The average Bonchev–Trinajstić information content (AvgIpc) is 3.22. The zero-order valence-corrected chi connectivity index (χ0v) is 12.3. The third kappa shape index (κ3) is 2.25. The summed E-state index contributed by atoms with van der Waals surface area (Å²) in [4.78, 5) is 19.8. The highest BCUT2D eigenvalue weighted by atomic mass is 32.1. The lowest BCUT2D eigenvalue weighted by atomic mass is 9.95. The lowest BCUT2D eigenvalue weighted by Crippen LogP contribution is -2.40. The third-order valence-corrected chi connectivity index (χ3v) is 5.27. The van der Waals surface area contributed by atoms with Crippen molar-refractivity contribution in [3.05, 3.63) is 51.7 Å². The average molecular weight is 302 g/mol. The van der Waals surface area contributed by atoms with Crippen LogP contribution in [0.5, 0.6) is 0 Å². The van der Waals surface area contributed by atoms with Gasteiger partial charge in [0.05, 0.1) is 6.04 Å². The highest BCUT2D eigenvalue weighted by Gasteiger charge is 2.42. The molecule has 3 heterocycles. The number of pyridine rings is 1. The second kappa shape index (κ2) is 4.91. The van der Waals surface area contributed by atoms with Crippen LogP contribution >= 0.6 is 11.3 Å². The quantitative estimate of drug-likeness (QED) is 0.796. The number of aromatic nitrogens is 1. The standard InChI is InChI=1S/C16H15FN2OS/c17-14-3-1-2-12(18-14)16(20)19-8-6-13-11(7-9-21-13)15(19)10-4-5-10/h1-3,7,9-10,15H,4-6,8H2. The maximum Gasteiger partial charge on any atom is 0.273 e. The normalized spacial score (nSPS) is 21.2. The number of carbonyl (C=O) groups excluding carboxylic acids is 1. The monoisotopic (exact) mass is 302 g/mol. The van der Waals surface area contributed by atoms with Crippen LogP contribution in [0.4, 0.5) is 4.39 Å². The van der Waals surface area contributed by atoms with Crippen molar-refractivity contribution < 1.29 is 9.18 Å². The molecule has 4 rings (SSSR count). The molecule has 0 saturated heterocycles. The highest BCUT2D eigenvalue weighted by Crippen LogP contribution is 2.48. The van der Waals surface area contributed by atoms with E-state index in [-0.39, 0.29) is 17.6 Å². The van der Waals surface area contributed by atoms with Crippen molar-refractivity contribution in [3.8, 4) is 0 Å². The van der Waals surface area contributed by atoms with Gasteiger partial charge in [-0.2, -0.15) is 4.39 Å². The molecule has 1 amide bonds. The molecule has 2 aromatic heterocycles. The minimum absolute atomic E-state index is 0.150. The molecule has 3 nitrogen and oxygen atoms in total. The zero-order valence-electron chi connectivity index (χ0n) is 11.5. The summed E-state index contributed by atoms with van der Waals surface area (Å²) >= 11 is 1.77. The van der Waals surface area contributed by atoms with Crippen LogP contribution in [-0.2, 0) is 6.42 Å². The summed E-state index contributed by atoms with van der Waals surface area (Å²) in [6.07, 6.45) is 3.22. The molecule has 1 aliphatic heterocycles. The molecular formula is C16H15FN2OS. The fourth-order valence-corrected chi connectivity index (χ4v) is 4.08. The number of nitrogens with zero attached hydrogens (tertiary/aromatic N) is 2. The molecule has 0 aromatic carbocycles. The Morgan fingerprint density at radius 2 is 2.19 bits per heavy atom. The van der Waals surface area contributed by atoms with Crippen LogP contribution in [0, 0.1) is 11.9 Å². The smallest absolute Gasteiger partial charge is 0.273 e. The molecule has 1 aliphatic carbocycles. The predicted octanol–water partition coefficient (Wildman–Crippen LogP) is 3.43. The van der Waals surface area contributed by atoms with Gasteiger partial charge in [0.2, 0.25) is 5.95 Å². The summed E-state index contributed by atoms with van der Waals surface area (Å²) in [6.45, 7) is 0.700. The number of thiophene rings is 1. The first-order chi connectivity index (χ1) is 10.2. The molecule has 2 aromatic rings. The second-order valence-electron chi connectivity index (χ2n) is 5.68. The molecule has 0 spiro atoms. The van der Waals surface area contributed by atoms with Crippen molar-refractivity contribution in [1.82, 2.24) is 9.88 Å². The van der Waals surface area contributed by atoms with E-state index in [4.69, 9.17) is 0 Å². The Hall–Kier alpha value is -1.75. The van der Waals surface area contributed by atoms with E-state index in [2.05, 4.69) is 16.4 Å². The summed E-state index contributed by atoms with van der Waals surface area (Å²) in [5.41, 5.74) is 1.50. The van der Waals surface area contributed by atoms with Gasteiger partial charge < -0.3 is 4.90 Å². The lowest BCUT2D eigenvalue weighted by Gasteiger charge is -2.36. The molecule has 0 radical (unpaired) electrons. The number of halogens is 1. The first-order valence-corrected chi connectivity index (χ1v) is 8.12. The fourth-order valence-electron chi connectivity index (χ4n) is 3.17. The first kappa shape index (κ1) is 13.0. The summed E-state index contributed by atoms with van der Waals surface area (Å²) in [6, 6.07) is 6.70. The summed E-state index contributed by atoms with van der Waals surface area (Å²) in [5, 5.41) is 2.11. The Labute approximate surface area is 126 Å². The Morgan fingerprint density at radius 3 is 2.95 bits per heavy atom. The maximum atomic E-state index is 13.3. The molecule has 1 unspecified atom stereocenters. The van der Waals surface area contributed by atoms with Crippen molar-refractivity contribution in [2.75, 3.05) is 6.54 Å². The van der Waals surface area contributed by atoms with E-state index in [9.17, 15) is 9.18 Å². The molecule has 1 saturated carbocycles. The van der Waals surface area contributed by atoms with Crippen LogP contribution in [0.1, 0.15) is 39.8 Å².